The average molecular weight is 560 g/mol. The van der Waals surface area contributed by atoms with E-state index in [0.29, 0.717) is 34.1 Å². The number of piperazine rings is 1. The van der Waals surface area contributed by atoms with E-state index in [9.17, 15) is 14.0 Å². The lowest BCUT2D eigenvalue weighted by Gasteiger charge is -2.27. The molecule has 5 rings (SSSR count). The van der Waals surface area contributed by atoms with Crippen LogP contribution in [0.15, 0.2) is 79.0 Å². The van der Waals surface area contributed by atoms with Gasteiger partial charge in [0.05, 0.1) is 23.3 Å². The molecule has 0 saturated carbocycles. The molecule has 204 valence electrons. The van der Waals surface area contributed by atoms with Gasteiger partial charge in [-0.05, 0) is 54.1 Å². The van der Waals surface area contributed by atoms with Gasteiger partial charge in [0.2, 0.25) is 11.9 Å². The van der Waals surface area contributed by atoms with Gasteiger partial charge in [-0.15, -0.1) is 0 Å². The van der Waals surface area contributed by atoms with E-state index in [-0.39, 0.29) is 23.6 Å². The minimum Gasteiger partial charge on any atom is -0.340 e. The molecule has 0 spiro atoms. The molecule has 11 heteroatoms. The highest BCUT2D eigenvalue weighted by atomic mass is 35.5. The van der Waals surface area contributed by atoms with Crippen molar-refractivity contribution in [3.63, 3.8) is 0 Å². The van der Waals surface area contributed by atoms with Gasteiger partial charge in [0.1, 0.15) is 0 Å². The quantitative estimate of drug-likeness (QED) is 0.241. The number of carbonyl (C=O) groups excluding carboxylic acids is 2. The standard InChI is InChI=1S/C29H27ClFN7O2/c30-23-3-1-2-4-25(23)36-28(40)20-7-11-21(12-8-20)34-27-24(31)18-33-29(37-27)35-22-9-5-19(6-10-22)17-26(39)38-15-13-32-14-16-38/h1-12,18,32H,13-17H2,(H,36,40)(H2,33,34,35,37). The van der Waals surface area contributed by atoms with Crippen molar-refractivity contribution in [3.05, 3.63) is 101 Å². The summed E-state index contributed by atoms with van der Waals surface area (Å²) in [5.41, 5.74) is 3.06. The van der Waals surface area contributed by atoms with Gasteiger partial charge in [-0.2, -0.15) is 4.98 Å². The molecule has 0 aliphatic carbocycles. The first-order valence-electron chi connectivity index (χ1n) is 12.7. The van der Waals surface area contributed by atoms with Crippen molar-refractivity contribution >= 4 is 52.2 Å². The zero-order valence-electron chi connectivity index (χ0n) is 21.5. The van der Waals surface area contributed by atoms with Crippen LogP contribution in [-0.2, 0) is 11.2 Å². The molecule has 0 radical (unpaired) electrons. The number of halogens is 2. The number of anilines is 5. The van der Waals surface area contributed by atoms with Gasteiger partial charge >= 0.3 is 0 Å². The summed E-state index contributed by atoms with van der Waals surface area (Å²) in [4.78, 5) is 35.2. The number of hydrogen-bond donors (Lipinski definition) is 4. The van der Waals surface area contributed by atoms with Crippen LogP contribution in [0.4, 0.5) is 33.2 Å². The zero-order valence-corrected chi connectivity index (χ0v) is 22.2. The second-order valence-electron chi connectivity index (χ2n) is 9.16. The summed E-state index contributed by atoms with van der Waals surface area (Å²) >= 11 is 6.11. The summed E-state index contributed by atoms with van der Waals surface area (Å²) in [5, 5.41) is 12.4. The predicted octanol–water partition coefficient (Wildman–Crippen LogP) is 4.98. The maximum atomic E-state index is 14.5. The van der Waals surface area contributed by atoms with Gasteiger partial charge in [-0.1, -0.05) is 35.9 Å². The molecule has 4 aromatic rings. The van der Waals surface area contributed by atoms with Gasteiger partial charge in [-0.25, -0.2) is 9.37 Å². The molecule has 3 aromatic carbocycles. The van der Waals surface area contributed by atoms with E-state index < -0.39 is 5.82 Å². The Morgan fingerprint density at radius 3 is 2.33 bits per heavy atom. The summed E-state index contributed by atoms with van der Waals surface area (Å²) in [6.07, 6.45) is 1.41. The lowest BCUT2D eigenvalue weighted by atomic mass is 10.1. The topological polar surface area (TPSA) is 111 Å². The van der Waals surface area contributed by atoms with Crippen LogP contribution in [0.3, 0.4) is 0 Å². The predicted molar refractivity (Wildman–Crippen MR) is 154 cm³/mol. The molecule has 40 heavy (non-hydrogen) atoms. The minimum absolute atomic E-state index is 0.0241. The molecular weight excluding hydrogens is 533 g/mol. The molecule has 2 heterocycles. The van der Waals surface area contributed by atoms with Crippen molar-refractivity contribution in [2.75, 3.05) is 42.1 Å². The summed E-state index contributed by atoms with van der Waals surface area (Å²) in [6.45, 7) is 3.08. The SMILES string of the molecule is O=C(Nc1ccccc1Cl)c1ccc(Nc2nc(Nc3ccc(CC(=O)N4CCNCC4)cc3)ncc2F)cc1. The molecule has 1 aromatic heterocycles. The summed E-state index contributed by atoms with van der Waals surface area (Å²) in [5.74, 6) is -0.672. The maximum Gasteiger partial charge on any atom is 0.255 e. The molecule has 2 amide bonds. The minimum atomic E-state index is -0.632. The first-order chi connectivity index (χ1) is 19.4. The molecule has 0 bridgehead atoms. The van der Waals surface area contributed by atoms with Crippen LogP contribution in [-0.4, -0.2) is 52.9 Å². The fourth-order valence-corrected chi connectivity index (χ4v) is 4.33. The van der Waals surface area contributed by atoms with Gasteiger partial charge < -0.3 is 26.2 Å². The van der Waals surface area contributed by atoms with E-state index in [0.717, 1.165) is 37.9 Å². The van der Waals surface area contributed by atoms with E-state index in [4.69, 9.17) is 11.6 Å². The number of nitrogens with one attached hydrogen (secondary N) is 4. The fourth-order valence-electron chi connectivity index (χ4n) is 4.15. The van der Waals surface area contributed by atoms with Crippen LogP contribution in [0.25, 0.3) is 0 Å². The highest BCUT2D eigenvalue weighted by molar-refractivity contribution is 6.33. The first kappa shape index (κ1) is 27.0. The average Bonchev–Trinajstić information content (AvgIpc) is 2.98. The smallest absolute Gasteiger partial charge is 0.255 e. The number of rotatable bonds is 8. The second kappa shape index (κ2) is 12.5. The largest absolute Gasteiger partial charge is 0.340 e. The Hall–Kier alpha value is -4.54. The van der Waals surface area contributed by atoms with Gasteiger partial charge in [0.15, 0.2) is 11.6 Å². The third kappa shape index (κ3) is 6.90. The second-order valence-corrected chi connectivity index (χ2v) is 9.56. The molecule has 9 nitrogen and oxygen atoms in total. The Balaban J connectivity index is 1.19. The number of amides is 2. The van der Waals surface area contributed by atoms with E-state index in [1.54, 1.807) is 48.5 Å². The molecule has 0 atom stereocenters. The van der Waals surface area contributed by atoms with Crippen molar-refractivity contribution < 1.29 is 14.0 Å². The van der Waals surface area contributed by atoms with E-state index in [1.165, 1.54) is 0 Å². The molecule has 1 aliphatic rings. The third-order valence-electron chi connectivity index (χ3n) is 6.31. The summed E-state index contributed by atoms with van der Waals surface area (Å²) in [6, 6.07) is 20.9. The number of benzene rings is 3. The Labute approximate surface area is 235 Å². The van der Waals surface area contributed by atoms with Crippen LogP contribution in [0, 0.1) is 5.82 Å². The number of para-hydroxylation sites is 1. The summed E-state index contributed by atoms with van der Waals surface area (Å²) in [7, 11) is 0. The van der Waals surface area contributed by atoms with Crippen molar-refractivity contribution in [2.45, 2.75) is 6.42 Å². The third-order valence-corrected chi connectivity index (χ3v) is 6.64. The Morgan fingerprint density at radius 2 is 1.60 bits per heavy atom. The van der Waals surface area contributed by atoms with Crippen molar-refractivity contribution in [1.29, 1.82) is 0 Å². The number of aromatic nitrogens is 2. The monoisotopic (exact) mass is 559 g/mol. The number of nitrogens with zero attached hydrogens (tertiary/aromatic N) is 3. The molecular formula is C29H27ClFN7O2. The van der Waals surface area contributed by atoms with Gasteiger partial charge in [0, 0.05) is 43.1 Å². The molecule has 0 unspecified atom stereocenters. The Bertz CT molecular complexity index is 1490. The molecule has 1 aliphatic heterocycles. The van der Waals surface area contributed by atoms with Crippen molar-refractivity contribution in [1.82, 2.24) is 20.2 Å². The molecule has 1 saturated heterocycles. The zero-order chi connectivity index (χ0) is 27.9. The van der Waals surface area contributed by atoms with Crippen LogP contribution in [0.2, 0.25) is 5.02 Å². The molecule has 4 N–H and O–H groups in total. The van der Waals surface area contributed by atoms with Crippen molar-refractivity contribution in [3.8, 4) is 0 Å². The van der Waals surface area contributed by atoms with Crippen LogP contribution < -0.4 is 21.3 Å². The lowest BCUT2D eigenvalue weighted by molar-refractivity contribution is -0.131. The van der Waals surface area contributed by atoms with Gasteiger partial charge in [0.25, 0.3) is 5.91 Å². The van der Waals surface area contributed by atoms with Crippen LogP contribution in [0.1, 0.15) is 15.9 Å². The van der Waals surface area contributed by atoms with E-state index in [2.05, 4.69) is 31.2 Å². The van der Waals surface area contributed by atoms with Gasteiger partial charge in [-0.3, -0.25) is 9.59 Å². The Kier molecular flexibility index (Phi) is 8.48. The normalized spacial score (nSPS) is 13.0. The highest BCUT2D eigenvalue weighted by Gasteiger charge is 2.16. The lowest BCUT2D eigenvalue weighted by Crippen LogP contribution is -2.46. The Morgan fingerprint density at radius 1 is 0.925 bits per heavy atom. The van der Waals surface area contributed by atoms with E-state index in [1.807, 2.05) is 29.2 Å². The van der Waals surface area contributed by atoms with Crippen LogP contribution >= 0.6 is 11.6 Å². The number of hydrogen-bond acceptors (Lipinski definition) is 7. The van der Waals surface area contributed by atoms with Crippen molar-refractivity contribution in [2.24, 2.45) is 0 Å². The van der Waals surface area contributed by atoms with E-state index >= 15 is 0 Å². The first-order valence-corrected chi connectivity index (χ1v) is 13.1. The summed E-state index contributed by atoms with van der Waals surface area (Å²) < 4.78 is 14.5. The van der Waals surface area contributed by atoms with Crippen LogP contribution in [0.5, 0.6) is 0 Å². The number of carbonyl (C=O) groups is 2. The molecule has 1 fully saturated rings. The maximum absolute atomic E-state index is 14.5. The fraction of sp³-hybridized carbons (Fsp3) is 0.172. The highest BCUT2D eigenvalue weighted by Crippen LogP contribution is 2.23.